The Morgan fingerprint density at radius 1 is 1.55 bits per heavy atom. The number of rotatable bonds is 4. The molecule has 11 heavy (non-hydrogen) atoms. The predicted octanol–water partition coefficient (Wildman–Crippen LogP) is 1.48. The lowest BCUT2D eigenvalue weighted by atomic mass is 10.7. The fourth-order valence-electron chi connectivity index (χ4n) is 0.515. The molecule has 0 aromatic rings. The van der Waals surface area contributed by atoms with Crippen LogP contribution in [0.5, 0.6) is 0 Å². The van der Waals surface area contributed by atoms with Gasteiger partial charge in [0.2, 0.25) is 0 Å². The predicted molar refractivity (Wildman–Crippen MR) is 51.7 cm³/mol. The third kappa shape index (κ3) is 10.00. The molecule has 0 aliphatic heterocycles. The Morgan fingerprint density at radius 3 is 2.45 bits per heavy atom. The molecule has 0 spiro atoms. The first-order chi connectivity index (χ1) is 4.92. The van der Waals surface area contributed by atoms with Crippen molar-refractivity contribution in [2.24, 2.45) is 0 Å². The van der Waals surface area contributed by atoms with Crippen LogP contribution >= 0.6 is 12.6 Å². The van der Waals surface area contributed by atoms with Crippen LogP contribution in [0.3, 0.4) is 0 Å². The van der Waals surface area contributed by atoms with Crippen LogP contribution in [-0.4, -0.2) is 26.7 Å². The van der Waals surface area contributed by atoms with Gasteiger partial charge in [0, 0.05) is 6.54 Å². The van der Waals surface area contributed by atoms with E-state index in [4.69, 9.17) is 4.43 Å². The van der Waals surface area contributed by atoms with Crippen molar-refractivity contribution in [1.29, 1.82) is 0 Å². The van der Waals surface area contributed by atoms with Gasteiger partial charge in [0.05, 0.1) is 6.61 Å². The van der Waals surface area contributed by atoms with Gasteiger partial charge in [0.15, 0.2) is 8.32 Å². The molecule has 0 saturated carbocycles. The molecule has 0 radical (unpaired) electrons. The molecule has 3 nitrogen and oxygen atoms in total. The molecule has 0 saturated heterocycles. The summed E-state index contributed by atoms with van der Waals surface area (Å²) < 4.78 is 5.47. The summed E-state index contributed by atoms with van der Waals surface area (Å²) in [4.78, 5) is 10.3. The Bertz CT molecular complexity index is 135. The van der Waals surface area contributed by atoms with Crippen LogP contribution in [-0.2, 0) is 4.43 Å². The number of hydrogen-bond acceptors (Lipinski definition) is 2. The van der Waals surface area contributed by atoms with Gasteiger partial charge in [-0.05, 0) is 19.6 Å². The molecule has 1 amide bonds. The zero-order chi connectivity index (χ0) is 8.91. The van der Waals surface area contributed by atoms with Crippen LogP contribution in [0.4, 0.5) is 4.79 Å². The van der Waals surface area contributed by atoms with E-state index in [9.17, 15) is 4.79 Å². The molecule has 0 aliphatic carbocycles. The van der Waals surface area contributed by atoms with E-state index in [0.29, 0.717) is 13.2 Å². The summed E-state index contributed by atoms with van der Waals surface area (Å²) in [5, 5.41) is 2.24. The fourth-order valence-corrected chi connectivity index (χ4v) is 1.34. The van der Waals surface area contributed by atoms with Crippen molar-refractivity contribution in [1.82, 2.24) is 5.32 Å². The SMILES string of the molecule is C[Si](C)(C)OCCNC(=O)S. The van der Waals surface area contributed by atoms with Gasteiger partial charge < -0.3 is 9.74 Å². The second-order valence-corrected chi connectivity index (χ2v) is 8.11. The molecule has 66 valence electrons. The van der Waals surface area contributed by atoms with E-state index in [2.05, 4.69) is 37.6 Å². The molecule has 0 atom stereocenters. The van der Waals surface area contributed by atoms with Crippen molar-refractivity contribution in [3.05, 3.63) is 0 Å². The Labute approximate surface area is 74.0 Å². The largest absolute Gasteiger partial charge is 0.416 e. The van der Waals surface area contributed by atoms with Gasteiger partial charge in [-0.2, -0.15) is 0 Å². The van der Waals surface area contributed by atoms with Gasteiger partial charge in [-0.15, -0.1) is 0 Å². The minimum absolute atomic E-state index is 0.302. The highest BCUT2D eigenvalue weighted by Gasteiger charge is 2.12. The molecule has 0 aromatic carbocycles. The zero-order valence-electron chi connectivity index (χ0n) is 7.18. The lowest BCUT2D eigenvalue weighted by Crippen LogP contribution is -2.31. The van der Waals surface area contributed by atoms with E-state index in [1.807, 2.05) is 0 Å². The molecular formula is C6H15NO2SSi. The van der Waals surface area contributed by atoms with Crippen molar-refractivity contribution >= 4 is 26.2 Å². The average molecular weight is 193 g/mol. The first kappa shape index (κ1) is 11.0. The van der Waals surface area contributed by atoms with Gasteiger partial charge in [-0.25, -0.2) is 0 Å². The quantitative estimate of drug-likeness (QED) is 0.403. The minimum Gasteiger partial charge on any atom is -0.416 e. The molecule has 0 aromatic heterocycles. The topological polar surface area (TPSA) is 38.3 Å². The van der Waals surface area contributed by atoms with Crippen LogP contribution in [0.1, 0.15) is 0 Å². The van der Waals surface area contributed by atoms with Gasteiger partial charge in [0.25, 0.3) is 5.24 Å². The number of amides is 1. The van der Waals surface area contributed by atoms with Crippen LogP contribution in [0.2, 0.25) is 19.6 Å². The molecule has 0 unspecified atom stereocenters. The molecule has 0 bridgehead atoms. The first-order valence-electron chi connectivity index (χ1n) is 3.52. The van der Waals surface area contributed by atoms with Crippen molar-refractivity contribution < 1.29 is 9.22 Å². The number of hydrogen-bond donors (Lipinski definition) is 2. The number of thiol groups is 1. The number of nitrogens with one attached hydrogen (secondary N) is 1. The normalized spacial score (nSPS) is 11.3. The summed E-state index contributed by atoms with van der Waals surface area (Å²) in [6.07, 6.45) is 0. The van der Waals surface area contributed by atoms with Crippen LogP contribution < -0.4 is 5.32 Å². The summed E-state index contributed by atoms with van der Waals surface area (Å²) in [6.45, 7) is 7.45. The molecule has 0 heterocycles. The lowest BCUT2D eigenvalue weighted by Gasteiger charge is -2.16. The lowest BCUT2D eigenvalue weighted by molar-refractivity contribution is 0.255. The van der Waals surface area contributed by atoms with E-state index >= 15 is 0 Å². The molecule has 0 aliphatic rings. The Balaban J connectivity index is 3.22. The molecule has 5 heteroatoms. The van der Waals surface area contributed by atoms with Crippen molar-refractivity contribution in [2.75, 3.05) is 13.2 Å². The highest BCUT2D eigenvalue weighted by atomic mass is 32.1. The van der Waals surface area contributed by atoms with Crippen molar-refractivity contribution in [3.63, 3.8) is 0 Å². The minimum atomic E-state index is -1.41. The second kappa shape index (κ2) is 4.79. The zero-order valence-corrected chi connectivity index (χ0v) is 9.07. The van der Waals surface area contributed by atoms with E-state index in [1.54, 1.807) is 0 Å². The molecule has 0 fully saturated rings. The van der Waals surface area contributed by atoms with Crippen LogP contribution in [0, 0.1) is 0 Å². The maximum absolute atomic E-state index is 10.3. The molecule has 1 N–H and O–H groups in total. The van der Waals surface area contributed by atoms with Crippen LogP contribution in [0.15, 0.2) is 0 Å². The van der Waals surface area contributed by atoms with Gasteiger partial charge in [-0.1, -0.05) is 12.6 Å². The second-order valence-electron chi connectivity index (χ2n) is 3.19. The standard InChI is InChI=1S/C6H15NO2SSi/c1-11(2,3)9-5-4-7-6(8)10/h4-5H2,1-3H3,(H2,7,8,10). The van der Waals surface area contributed by atoms with Crippen LogP contribution in [0.25, 0.3) is 0 Å². The van der Waals surface area contributed by atoms with E-state index in [1.165, 1.54) is 0 Å². The van der Waals surface area contributed by atoms with Gasteiger partial charge >= 0.3 is 0 Å². The van der Waals surface area contributed by atoms with E-state index in [0.717, 1.165) is 0 Å². The fraction of sp³-hybridized carbons (Fsp3) is 0.833. The maximum Gasteiger partial charge on any atom is 0.276 e. The molecular weight excluding hydrogens is 178 g/mol. The van der Waals surface area contributed by atoms with Crippen molar-refractivity contribution in [3.8, 4) is 0 Å². The summed E-state index contributed by atoms with van der Waals surface area (Å²) in [7, 11) is -1.41. The summed E-state index contributed by atoms with van der Waals surface area (Å²) in [5.41, 5.74) is 0. The van der Waals surface area contributed by atoms with Gasteiger partial charge in [-0.3, -0.25) is 4.79 Å². The van der Waals surface area contributed by atoms with Crippen molar-refractivity contribution in [2.45, 2.75) is 19.6 Å². The van der Waals surface area contributed by atoms with E-state index < -0.39 is 8.32 Å². The first-order valence-corrected chi connectivity index (χ1v) is 7.38. The maximum atomic E-state index is 10.3. The Hall–Kier alpha value is -0.00312. The average Bonchev–Trinajstić information content (AvgIpc) is 1.78. The molecule has 0 rings (SSSR count). The Morgan fingerprint density at radius 2 is 2.09 bits per heavy atom. The number of carbonyl (C=O) groups is 1. The third-order valence-corrected chi connectivity index (χ3v) is 2.14. The van der Waals surface area contributed by atoms with Gasteiger partial charge in [0.1, 0.15) is 0 Å². The van der Waals surface area contributed by atoms with E-state index in [-0.39, 0.29) is 5.24 Å². The highest BCUT2D eigenvalue weighted by Crippen LogP contribution is 2.00. The smallest absolute Gasteiger partial charge is 0.276 e. The highest BCUT2D eigenvalue weighted by molar-refractivity contribution is 7.96. The summed E-state index contributed by atoms with van der Waals surface area (Å²) in [5.74, 6) is 0. The summed E-state index contributed by atoms with van der Waals surface area (Å²) in [6, 6.07) is 0. The monoisotopic (exact) mass is 193 g/mol. The summed E-state index contributed by atoms with van der Waals surface area (Å²) >= 11 is 3.55. The number of carbonyl (C=O) groups excluding carboxylic acids is 1. The Kier molecular flexibility index (Phi) is 4.79. The third-order valence-electron chi connectivity index (χ3n) is 0.913.